The predicted octanol–water partition coefficient (Wildman–Crippen LogP) is 2.89. The van der Waals surface area contributed by atoms with Crippen LogP contribution >= 0.6 is 0 Å². The molecule has 2 aromatic carbocycles. The first-order valence-electron chi connectivity index (χ1n) is 5.17. The highest BCUT2D eigenvalue weighted by atomic mass is 16.6. The third-order valence-electron chi connectivity index (χ3n) is 2.52. The van der Waals surface area contributed by atoms with Crippen LogP contribution in [0.15, 0.2) is 48.5 Å². The van der Waals surface area contributed by atoms with Crippen LogP contribution in [-0.4, -0.2) is 10.0 Å². The second kappa shape index (κ2) is 4.65. The fraction of sp³-hybridized carbons (Fsp3) is 0.0769. The van der Waals surface area contributed by atoms with Crippen LogP contribution in [0.2, 0.25) is 0 Å². The lowest BCUT2D eigenvalue weighted by Gasteiger charge is -2.03. The number of nitrogens with zero attached hydrogens (tertiary/aromatic N) is 1. The molecule has 2 aromatic rings. The maximum Gasteiger partial charge on any atom is 0.272 e. The summed E-state index contributed by atoms with van der Waals surface area (Å²) in [5.74, 6) is 0.191. The first kappa shape index (κ1) is 11.1. The molecule has 0 fully saturated rings. The molecule has 0 aliphatic heterocycles. The number of phenolic OH excluding ortho intramolecular Hbond substituents is 1. The van der Waals surface area contributed by atoms with Crippen LogP contribution in [0.5, 0.6) is 5.75 Å². The normalized spacial score (nSPS) is 10.1. The molecule has 1 N–H and O–H groups in total. The number of phenols is 1. The minimum atomic E-state index is -0.379. The lowest BCUT2D eigenvalue weighted by molar-refractivity contribution is -0.385. The van der Waals surface area contributed by atoms with E-state index in [1.807, 2.05) is 0 Å². The van der Waals surface area contributed by atoms with Crippen LogP contribution in [-0.2, 0) is 6.42 Å². The van der Waals surface area contributed by atoms with Crippen molar-refractivity contribution in [2.24, 2.45) is 0 Å². The zero-order chi connectivity index (χ0) is 12.3. The van der Waals surface area contributed by atoms with E-state index in [9.17, 15) is 10.1 Å². The molecule has 0 bridgehead atoms. The Morgan fingerprint density at radius 1 is 1.06 bits per heavy atom. The Hall–Kier alpha value is -2.36. The van der Waals surface area contributed by atoms with E-state index in [-0.39, 0.29) is 16.4 Å². The Morgan fingerprint density at radius 2 is 1.71 bits per heavy atom. The van der Waals surface area contributed by atoms with Gasteiger partial charge in [0.1, 0.15) is 5.75 Å². The number of nitro groups is 1. The standard InChI is InChI=1S/C13H11NO3/c15-12-7-5-10(6-8-12)9-11-3-1-2-4-13(11)14(16)17/h1-8,15H,9H2. The van der Waals surface area contributed by atoms with E-state index in [4.69, 9.17) is 5.11 Å². The number of aromatic hydroxyl groups is 1. The number of rotatable bonds is 3. The van der Waals surface area contributed by atoms with Crippen LogP contribution in [0.3, 0.4) is 0 Å². The summed E-state index contributed by atoms with van der Waals surface area (Å²) in [7, 11) is 0. The summed E-state index contributed by atoms with van der Waals surface area (Å²) in [6, 6.07) is 13.3. The van der Waals surface area contributed by atoms with E-state index in [2.05, 4.69) is 0 Å². The third-order valence-corrected chi connectivity index (χ3v) is 2.52. The molecule has 0 atom stereocenters. The highest BCUT2D eigenvalue weighted by molar-refractivity contribution is 5.43. The molecule has 86 valence electrons. The van der Waals surface area contributed by atoms with Gasteiger partial charge < -0.3 is 5.11 Å². The van der Waals surface area contributed by atoms with E-state index in [1.165, 1.54) is 6.07 Å². The topological polar surface area (TPSA) is 63.4 Å². The van der Waals surface area contributed by atoms with Gasteiger partial charge in [-0.25, -0.2) is 0 Å². The molecule has 0 aromatic heterocycles. The first-order chi connectivity index (χ1) is 8.16. The third kappa shape index (κ3) is 2.60. The van der Waals surface area contributed by atoms with Crippen LogP contribution in [0.4, 0.5) is 5.69 Å². The fourth-order valence-electron chi connectivity index (χ4n) is 1.67. The van der Waals surface area contributed by atoms with Crippen LogP contribution < -0.4 is 0 Å². The van der Waals surface area contributed by atoms with Crippen molar-refractivity contribution in [1.82, 2.24) is 0 Å². The van der Waals surface area contributed by atoms with Gasteiger partial charge in [-0.05, 0) is 17.7 Å². The zero-order valence-electron chi connectivity index (χ0n) is 9.04. The van der Waals surface area contributed by atoms with Crippen LogP contribution in [0.1, 0.15) is 11.1 Å². The van der Waals surface area contributed by atoms with E-state index in [1.54, 1.807) is 42.5 Å². The van der Waals surface area contributed by atoms with E-state index in [0.29, 0.717) is 12.0 Å². The number of para-hydroxylation sites is 1. The van der Waals surface area contributed by atoms with Gasteiger partial charge in [0.2, 0.25) is 0 Å². The molecule has 17 heavy (non-hydrogen) atoms. The molecule has 0 saturated carbocycles. The molecule has 2 rings (SSSR count). The highest BCUT2D eigenvalue weighted by Gasteiger charge is 2.12. The van der Waals surface area contributed by atoms with Gasteiger partial charge in [0.25, 0.3) is 5.69 Å². The molecule has 0 unspecified atom stereocenters. The van der Waals surface area contributed by atoms with Crippen molar-refractivity contribution >= 4 is 5.69 Å². The highest BCUT2D eigenvalue weighted by Crippen LogP contribution is 2.21. The predicted molar refractivity (Wildman–Crippen MR) is 64.0 cm³/mol. The van der Waals surface area contributed by atoms with Crippen molar-refractivity contribution in [2.45, 2.75) is 6.42 Å². The number of benzene rings is 2. The summed E-state index contributed by atoms with van der Waals surface area (Å²) < 4.78 is 0. The van der Waals surface area contributed by atoms with Crippen molar-refractivity contribution in [3.05, 3.63) is 69.8 Å². The van der Waals surface area contributed by atoms with E-state index >= 15 is 0 Å². The van der Waals surface area contributed by atoms with Crippen molar-refractivity contribution in [3.8, 4) is 5.75 Å². The second-order valence-corrected chi connectivity index (χ2v) is 3.73. The molecular weight excluding hydrogens is 218 g/mol. The SMILES string of the molecule is O=[N+]([O-])c1ccccc1Cc1ccc(O)cc1. The number of hydrogen-bond acceptors (Lipinski definition) is 3. The van der Waals surface area contributed by atoms with Crippen LogP contribution in [0, 0.1) is 10.1 Å². The number of nitro benzene ring substituents is 1. The Bertz CT molecular complexity index is 535. The largest absolute Gasteiger partial charge is 0.508 e. The summed E-state index contributed by atoms with van der Waals surface area (Å²) in [6.07, 6.45) is 0.484. The number of hydrogen-bond donors (Lipinski definition) is 1. The van der Waals surface area contributed by atoms with E-state index in [0.717, 1.165) is 5.56 Å². The lowest BCUT2D eigenvalue weighted by atomic mass is 10.0. The zero-order valence-corrected chi connectivity index (χ0v) is 9.04. The Balaban J connectivity index is 2.30. The van der Waals surface area contributed by atoms with Crippen LogP contribution in [0.25, 0.3) is 0 Å². The maximum atomic E-state index is 10.8. The van der Waals surface area contributed by atoms with Gasteiger partial charge in [-0.3, -0.25) is 10.1 Å². The van der Waals surface area contributed by atoms with E-state index < -0.39 is 0 Å². The van der Waals surface area contributed by atoms with Gasteiger partial charge in [-0.2, -0.15) is 0 Å². The van der Waals surface area contributed by atoms with Gasteiger partial charge in [-0.1, -0.05) is 30.3 Å². The van der Waals surface area contributed by atoms with Gasteiger partial charge >= 0.3 is 0 Å². The molecule has 0 saturated heterocycles. The monoisotopic (exact) mass is 229 g/mol. The molecular formula is C13H11NO3. The smallest absolute Gasteiger partial charge is 0.272 e. The van der Waals surface area contributed by atoms with Crippen molar-refractivity contribution in [1.29, 1.82) is 0 Å². The molecule has 4 heteroatoms. The molecule has 0 spiro atoms. The van der Waals surface area contributed by atoms with Crippen molar-refractivity contribution in [2.75, 3.05) is 0 Å². The maximum absolute atomic E-state index is 10.8. The Kier molecular flexibility index (Phi) is 3.05. The summed E-state index contributed by atoms with van der Waals surface area (Å²) >= 11 is 0. The molecule has 0 radical (unpaired) electrons. The molecule has 0 amide bonds. The average Bonchev–Trinajstić information content (AvgIpc) is 2.32. The van der Waals surface area contributed by atoms with Crippen molar-refractivity contribution in [3.63, 3.8) is 0 Å². The Labute approximate surface area is 98.3 Å². The molecule has 0 aliphatic rings. The summed E-state index contributed by atoms with van der Waals surface area (Å²) in [6.45, 7) is 0. The minimum Gasteiger partial charge on any atom is -0.508 e. The molecule has 0 aliphatic carbocycles. The minimum absolute atomic E-state index is 0.126. The molecule has 0 heterocycles. The van der Waals surface area contributed by atoms with Gasteiger partial charge in [0.15, 0.2) is 0 Å². The van der Waals surface area contributed by atoms with Gasteiger partial charge in [0, 0.05) is 18.1 Å². The second-order valence-electron chi connectivity index (χ2n) is 3.73. The van der Waals surface area contributed by atoms with Gasteiger partial charge in [0.05, 0.1) is 4.92 Å². The fourth-order valence-corrected chi connectivity index (χ4v) is 1.67. The lowest BCUT2D eigenvalue weighted by Crippen LogP contribution is -1.96. The first-order valence-corrected chi connectivity index (χ1v) is 5.17. The van der Waals surface area contributed by atoms with Crippen molar-refractivity contribution < 1.29 is 10.0 Å². The molecule has 4 nitrogen and oxygen atoms in total. The van der Waals surface area contributed by atoms with Gasteiger partial charge in [-0.15, -0.1) is 0 Å². The average molecular weight is 229 g/mol. The quantitative estimate of drug-likeness (QED) is 0.650. The Morgan fingerprint density at radius 3 is 2.35 bits per heavy atom. The summed E-state index contributed by atoms with van der Waals surface area (Å²) in [4.78, 5) is 10.5. The summed E-state index contributed by atoms with van der Waals surface area (Å²) in [5.41, 5.74) is 1.72. The summed E-state index contributed by atoms with van der Waals surface area (Å²) in [5, 5.41) is 20.0.